The molecule has 2 aliphatic heterocycles. The third-order valence-electron chi connectivity index (χ3n) is 7.63. The standard InChI is InChI=1S/C32H37FN6O7/c1-20(2)29(35-31(42)45-19-22-7-5-4-6-8-22)30(41)44-12-11-38-16-23-15-37(18-27(23)36-38)28-10-9-24(13-26(28)33)39-17-25(46-32(39)43)14-34-21(3)40/h4-10,13,16,20,25,29H,11-12,14-15,17-19H2,1-3H3,(H,34,40)(H,35,42)/t25-,29?/m0/s1. The van der Waals surface area contributed by atoms with Crippen LogP contribution in [0.5, 0.6) is 0 Å². The highest BCUT2D eigenvalue weighted by atomic mass is 19.1. The lowest BCUT2D eigenvalue weighted by atomic mass is 10.1. The molecule has 5 rings (SSSR count). The maximum atomic E-state index is 15.2. The van der Waals surface area contributed by atoms with Gasteiger partial charge in [0.05, 0.1) is 43.2 Å². The van der Waals surface area contributed by atoms with Crippen molar-refractivity contribution in [3.05, 3.63) is 77.4 Å². The molecule has 1 aromatic heterocycles. The molecule has 2 atom stereocenters. The minimum Gasteiger partial charge on any atom is -0.462 e. The second-order valence-corrected chi connectivity index (χ2v) is 11.5. The monoisotopic (exact) mass is 636 g/mol. The van der Waals surface area contributed by atoms with Gasteiger partial charge in [0.15, 0.2) is 0 Å². The van der Waals surface area contributed by atoms with Crippen LogP contribution in [-0.2, 0) is 50.0 Å². The quantitative estimate of drug-likeness (QED) is 0.226. The first-order valence-corrected chi connectivity index (χ1v) is 15.0. The van der Waals surface area contributed by atoms with Crippen LogP contribution in [0.25, 0.3) is 0 Å². The molecule has 3 amide bonds. The van der Waals surface area contributed by atoms with Crippen molar-refractivity contribution >= 4 is 35.4 Å². The maximum absolute atomic E-state index is 15.2. The van der Waals surface area contributed by atoms with Crippen molar-refractivity contribution < 1.29 is 37.8 Å². The lowest BCUT2D eigenvalue weighted by Crippen LogP contribution is -2.45. The number of aromatic nitrogens is 2. The lowest BCUT2D eigenvalue weighted by molar-refractivity contribution is -0.147. The van der Waals surface area contributed by atoms with Gasteiger partial charge in [-0.2, -0.15) is 5.10 Å². The number of nitrogens with zero attached hydrogens (tertiary/aromatic N) is 4. The van der Waals surface area contributed by atoms with Gasteiger partial charge in [-0.3, -0.25) is 14.4 Å². The summed E-state index contributed by atoms with van der Waals surface area (Å²) in [5, 5.41) is 9.78. The average molecular weight is 637 g/mol. The summed E-state index contributed by atoms with van der Waals surface area (Å²) in [6.45, 7) is 6.62. The molecular weight excluding hydrogens is 599 g/mol. The number of alkyl carbamates (subject to hydrolysis) is 1. The SMILES string of the molecule is CC(=O)NC[C@H]1CN(c2ccc(N3Cc4cn(CCOC(=O)C(NC(=O)OCc5ccccc5)C(C)C)nc4C3)c(F)c2)C(=O)O1. The van der Waals surface area contributed by atoms with Crippen LogP contribution in [0.3, 0.4) is 0 Å². The number of amides is 3. The van der Waals surface area contributed by atoms with Crippen molar-refractivity contribution in [3.8, 4) is 0 Å². The number of carbonyl (C=O) groups is 4. The van der Waals surface area contributed by atoms with Crippen LogP contribution in [0.2, 0.25) is 0 Å². The zero-order chi connectivity index (χ0) is 32.8. The van der Waals surface area contributed by atoms with E-state index in [0.717, 1.165) is 16.8 Å². The highest BCUT2D eigenvalue weighted by Gasteiger charge is 2.33. The number of fused-ring (bicyclic) bond motifs is 1. The fraction of sp³-hybridized carbons (Fsp3) is 0.406. The molecule has 3 aromatic rings. The molecule has 0 radical (unpaired) electrons. The molecule has 1 saturated heterocycles. The second-order valence-electron chi connectivity index (χ2n) is 11.5. The number of esters is 1. The third-order valence-corrected chi connectivity index (χ3v) is 7.63. The van der Waals surface area contributed by atoms with Crippen LogP contribution < -0.4 is 20.4 Å². The number of rotatable bonds is 12. The Hall–Kier alpha value is -5.14. The fourth-order valence-electron chi connectivity index (χ4n) is 5.23. The molecular formula is C32H37FN6O7. The Morgan fingerprint density at radius 3 is 2.59 bits per heavy atom. The Bertz CT molecular complexity index is 1560. The van der Waals surface area contributed by atoms with Crippen molar-refractivity contribution in [1.29, 1.82) is 0 Å². The van der Waals surface area contributed by atoms with E-state index < -0.39 is 36.1 Å². The van der Waals surface area contributed by atoms with Crippen molar-refractivity contribution in [2.24, 2.45) is 5.92 Å². The topological polar surface area (TPSA) is 144 Å². The molecule has 3 heterocycles. The smallest absolute Gasteiger partial charge is 0.414 e. The largest absolute Gasteiger partial charge is 0.462 e. The van der Waals surface area contributed by atoms with Crippen molar-refractivity contribution in [2.75, 3.05) is 29.5 Å². The molecule has 0 bridgehead atoms. The first kappa shape index (κ1) is 32.3. The summed E-state index contributed by atoms with van der Waals surface area (Å²) in [6.07, 6.45) is 0.0189. The summed E-state index contributed by atoms with van der Waals surface area (Å²) in [5.41, 5.74) is 3.27. The molecule has 1 unspecified atom stereocenters. The van der Waals surface area contributed by atoms with Gasteiger partial charge in [0.25, 0.3) is 0 Å². The van der Waals surface area contributed by atoms with Crippen molar-refractivity contribution in [3.63, 3.8) is 0 Å². The van der Waals surface area contributed by atoms with Crippen LogP contribution in [0.4, 0.5) is 25.4 Å². The Morgan fingerprint density at radius 2 is 1.89 bits per heavy atom. The molecule has 2 aliphatic rings. The number of halogens is 1. The maximum Gasteiger partial charge on any atom is 0.414 e. The number of benzene rings is 2. The molecule has 1 fully saturated rings. The first-order valence-electron chi connectivity index (χ1n) is 15.0. The summed E-state index contributed by atoms with van der Waals surface area (Å²) in [4.78, 5) is 51.7. The highest BCUT2D eigenvalue weighted by molar-refractivity contribution is 5.90. The summed E-state index contributed by atoms with van der Waals surface area (Å²) in [5.74, 6) is -1.50. The average Bonchev–Trinajstić information content (AvgIpc) is 3.71. The van der Waals surface area contributed by atoms with E-state index in [-0.39, 0.29) is 38.1 Å². The van der Waals surface area contributed by atoms with Crippen LogP contribution >= 0.6 is 0 Å². The van der Waals surface area contributed by atoms with Gasteiger partial charge < -0.3 is 29.7 Å². The van der Waals surface area contributed by atoms with Gasteiger partial charge in [0.1, 0.15) is 31.2 Å². The van der Waals surface area contributed by atoms with Gasteiger partial charge in [-0.1, -0.05) is 44.2 Å². The fourth-order valence-corrected chi connectivity index (χ4v) is 5.23. The van der Waals surface area contributed by atoms with Crippen LogP contribution in [0.15, 0.2) is 54.7 Å². The van der Waals surface area contributed by atoms with Gasteiger partial charge in [-0.05, 0) is 29.7 Å². The minimum atomic E-state index is -0.873. The Morgan fingerprint density at radius 1 is 1.11 bits per heavy atom. The number of hydrogen-bond acceptors (Lipinski definition) is 9. The second kappa shape index (κ2) is 14.3. The molecule has 13 nitrogen and oxygen atoms in total. The number of cyclic esters (lactones) is 1. The van der Waals surface area contributed by atoms with E-state index in [1.54, 1.807) is 30.7 Å². The lowest BCUT2D eigenvalue weighted by Gasteiger charge is -2.21. The normalized spacial score (nSPS) is 16.2. The summed E-state index contributed by atoms with van der Waals surface area (Å²) < 4.78 is 32.9. The zero-order valence-electron chi connectivity index (χ0n) is 25.9. The summed E-state index contributed by atoms with van der Waals surface area (Å²) in [7, 11) is 0. The molecule has 2 N–H and O–H groups in total. The third kappa shape index (κ3) is 7.92. The van der Waals surface area contributed by atoms with E-state index >= 15 is 4.39 Å². The first-order chi connectivity index (χ1) is 22.1. The Kier molecular flexibility index (Phi) is 10.0. The van der Waals surface area contributed by atoms with Gasteiger partial charge in [-0.25, -0.2) is 18.8 Å². The van der Waals surface area contributed by atoms with E-state index in [1.807, 2.05) is 41.4 Å². The Labute approximate surface area is 265 Å². The van der Waals surface area contributed by atoms with Crippen molar-refractivity contribution in [1.82, 2.24) is 20.4 Å². The van der Waals surface area contributed by atoms with Gasteiger partial charge in [-0.15, -0.1) is 0 Å². The molecule has 2 aromatic carbocycles. The minimum absolute atomic E-state index is 0.0494. The number of ether oxygens (including phenoxy) is 3. The van der Waals surface area contributed by atoms with Gasteiger partial charge in [0.2, 0.25) is 5.91 Å². The zero-order valence-corrected chi connectivity index (χ0v) is 25.9. The molecule has 244 valence electrons. The van der Waals surface area contributed by atoms with Crippen LogP contribution in [-0.4, -0.2) is 65.7 Å². The van der Waals surface area contributed by atoms with Gasteiger partial charge >= 0.3 is 18.2 Å². The summed E-state index contributed by atoms with van der Waals surface area (Å²) >= 11 is 0. The van der Waals surface area contributed by atoms with Crippen LogP contribution in [0, 0.1) is 11.7 Å². The number of anilines is 2. The van der Waals surface area contributed by atoms with E-state index in [9.17, 15) is 19.2 Å². The van der Waals surface area contributed by atoms with E-state index in [2.05, 4.69) is 15.7 Å². The molecule has 14 heteroatoms. The van der Waals surface area contributed by atoms with E-state index in [1.165, 1.54) is 17.9 Å². The molecule has 0 saturated carbocycles. The Balaban J connectivity index is 1.09. The number of carbonyl (C=O) groups excluding carboxylic acids is 4. The molecule has 0 spiro atoms. The number of hydrogen-bond donors (Lipinski definition) is 2. The molecule has 0 aliphatic carbocycles. The predicted octanol–water partition coefficient (Wildman–Crippen LogP) is 3.50. The number of nitrogens with one attached hydrogen (secondary N) is 2. The predicted molar refractivity (Wildman–Crippen MR) is 164 cm³/mol. The molecule has 46 heavy (non-hydrogen) atoms. The highest BCUT2D eigenvalue weighted by Crippen LogP contribution is 2.32. The van der Waals surface area contributed by atoms with Crippen molar-refractivity contribution in [2.45, 2.75) is 59.2 Å². The summed E-state index contributed by atoms with van der Waals surface area (Å²) in [6, 6.07) is 12.9. The van der Waals surface area contributed by atoms with Gasteiger partial charge in [0, 0.05) is 25.2 Å². The van der Waals surface area contributed by atoms with E-state index in [4.69, 9.17) is 14.2 Å². The van der Waals surface area contributed by atoms with Crippen LogP contribution in [0.1, 0.15) is 37.6 Å². The van der Waals surface area contributed by atoms with E-state index in [0.29, 0.717) is 31.0 Å².